The van der Waals surface area contributed by atoms with Gasteiger partial charge in [0.1, 0.15) is 5.82 Å². The van der Waals surface area contributed by atoms with E-state index in [0.29, 0.717) is 5.92 Å². The van der Waals surface area contributed by atoms with Crippen LogP contribution in [0, 0.1) is 0 Å². The Morgan fingerprint density at radius 1 is 1.30 bits per heavy atom. The smallest absolute Gasteiger partial charge is 0.108 e. The van der Waals surface area contributed by atoms with Crippen LogP contribution in [-0.2, 0) is 13.5 Å². The van der Waals surface area contributed by atoms with Crippen LogP contribution >= 0.6 is 15.9 Å². The minimum absolute atomic E-state index is 0.528. The van der Waals surface area contributed by atoms with Crippen molar-refractivity contribution in [2.45, 2.75) is 25.7 Å². The highest BCUT2D eigenvalue weighted by Crippen LogP contribution is 2.23. The normalized spacial score (nSPS) is 12.6. The van der Waals surface area contributed by atoms with Gasteiger partial charge in [0.2, 0.25) is 0 Å². The molecule has 0 bridgehead atoms. The quantitative estimate of drug-likeness (QED) is 0.839. The van der Waals surface area contributed by atoms with Crippen molar-refractivity contribution < 1.29 is 0 Å². The molecule has 0 radical (unpaired) electrons. The molecule has 1 aromatic heterocycles. The Hall–Kier alpha value is -1.13. The maximum absolute atomic E-state index is 4.41. The number of benzene rings is 1. The fourth-order valence-electron chi connectivity index (χ4n) is 2.38. The van der Waals surface area contributed by atoms with Crippen molar-refractivity contribution in [3.8, 4) is 0 Å². The van der Waals surface area contributed by atoms with E-state index in [-0.39, 0.29) is 0 Å². The van der Waals surface area contributed by atoms with E-state index in [0.717, 1.165) is 36.2 Å². The molecule has 0 amide bonds. The maximum atomic E-state index is 4.41. The van der Waals surface area contributed by atoms with E-state index in [2.05, 4.69) is 69.0 Å². The second-order valence-corrected chi connectivity index (χ2v) is 5.96. The molecule has 2 rings (SSSR count). The number of likely N-dealkylation sites (N-methyl/N-ethyl adjacent to an activating group) is 1. The van der Waals surface area contributed by atoms with E-state index in [4.69, 9.17) is 0 Å². The summed E-state index contributed by atoms with van der Waals surface area (Å²) in [5.74, 6) is 1.68. The topological polar surface area (TPSA) is 29.9 Å². The third-order valence-electron chi connectivity index (χ3n) is 3.62. The second kappa shape index (κ2) is 7.60. The third-order valence-corrected chi connectivity index (χ3v) is 4.15. The SMILES string of the molecule is CCNCC(CCc1nccn1C)c1ccc(Br)cc1. The number of rotatable bonds is 7. The molecule has 1 N–H and O–H groups in total. The van der Waals surface area contributed by atoms with Gasteiger partial charge < -0.3 is 9.88 Å². The van der Waals surface area contributed by atoms with E-state index < -0.39 is 0 Å². The van der Waals surface area contributed by atoms with Crippen LogP contribution < -0.4 is 5.32 Å². The zero-order valence-corrected chi connectivity index (χ0v) is 13.7. The number of hydrogen-bond acceptors (Lipinski definition) is 2. The summed E-state index contributed by atoms with van der Waals surface area (Å²) in [5, 5.41) is 3.47. The lowest BCUT2D eigenvalue weighted by Crippen LogP contribution is -2.22. The van der Waals surface area contributed by atoms with Gasteiger partial charge in [-0.25, -0.2) is 4.98 Å². The van der Waals surface area contributed by atoms with Gasteiger partial charge in [0.25, 0.3) is 0 Å². The van der Waals surface area contributed by atoms with Crippen molar-refractivity contribution in [3.05, 3.63) is 52.5 Å². The molecular weight excluding hydrogens is 314 g/mol. The number of aromatic nitrogens is 2. The van der Waals surface area contributed by atoms with E-state index in [1.54, 1.807) is 0 Å². The lowest BCUT2D eigenvalue weighted by atomic mass is 9.94. The van der Waals surface area contributed by atoms with E-state index in [1.807, 2.05) is 12.4 Å². The highest BCUT2D eigenvalue weighted by atomic mass is 79.9. The summed E-state index contributed by atoms with van der Waals surface area (Å²) >= 11 is 3.50. The molecule has 0 spiro atoms. The minimum Gasteiger partial charge on any atom is -0.338 e. The van der Waals surface area contributed by atoms with Gasteiger partial charge in [0.05, 0.1) is 0 Å². The zero-order valence-electron chi connectivity index (χ0n) is 12.1. The molecule has 1 unspecified atom stereocenters. The van der Waals surface area contributed by atoms with Crippen molar-refractivity contribution in [3.63, 3.8) is 0 Å². The van der Waals surface area contributed by atoms with E-state index in [9.17, 15) is 0 Å². The summed E-state index contributed by atoms with van der Waals surface area (Å²) in [5.41, 5.74) is 1.39. The summed E-state index contributed by atoms with van der Waals surface area (Å²) in [7, 11) is 2.06. The van der Waals surface area contributed by atoms with Crippen LogP contribution in [0.4, 0.5) is 0 Å². The Labute approximate surface area is 129 Å². The molecule has 4 heteroatoms. The van der Waals surface area contributed by atoms with Crippen LogP contribution in [0.1, 0.15) is 30.7 Å². The first-order valence-corrected chi connectivity index (χ1v) is 7.92. The molecule has 3 nitrogen and oxygen atoms in total. The number of aryl methyl sites for hydroxylation is 2. The van der Waals surface area contributed by atoms with Crippen LogP contribution in [0.3, 0.4) is 0 Å². The van der Waals surface area contributed by atoms with Gasteiger partial charge in [-0.1, -0.05) is 35.0 Å². The van der Waals surface area contributed by atoms with Crippen LogP contribution in [0.15, 0.2) is 41.1 Å². The monoisotopic (exact) mass is 335 g/mol. The molecule has 0 aliphatic heterocycles. The van der Waals surface area contributed by atoms with Crippen molar-refractivity contribution in [1.82, 2.24) is 14.9 Å². The molecule has 0 saturated carbocycles. The Morgan fingerprint density at radius 3 is 2.65 bits per heavy atom. The molecule has 108 valence electrons. The first-order valence-electron chi connectivity index (χ1n) is 7.13. The maximum Gasteiger partial charge on any atom is 0.108 e. The average molecular weight is 336 g/mol. The van der Waals surface area contributed by atoms with Gasteiger partial charge in [-0.15, -0.1) is 0 Å². The molecule has 20 heavy (non-hydrogen) atoms. The Balaban J connectivity index is 2.03. The fourth-order valence-corrected chi connectivity index (χ4v) is 2.65. The molecule has 0 aliphatic rings. The molecule has 2 aromatic rings. The number of nitrogens with one attached hydrogen (secondary N) is 1. The largest absolute Gasteiger partial charge is 0.338 e. The first kappa shape index (κ1) is 15.3. The van der Waals surface area contributed by atoms with E-state index in [1.165, 1.54) is 5.56 Å². The third kappa shape index (κ3) is 4.18. The Morgan fingerprint density at radius 2 is 2.05 bits per heavy atom. The van der Waals surface area contributed by atoms with Crippen molar-refractivity contribution in [1.29, 1.82) is 0 Å². The zero-order chi connectivity index (χ0) is 14.4. The number of nitrogens with zero attached hydrogens (tertiary/aromatic N) is 2. The lowest BCUT2D eigenvalue weighted by Gasteiger charge is -2.18. The van der Waals surface area contributed by atoms with Gasteiger partial charge in [-0.05, 0) is 36.6 Å². The minimum atomic E-state index is 0.528. The highest BCUT2D eigenvalue weighted by Gasteiger charge is 2.12. The predicted octanol–water partition coefficient (Wildman–Crippen LogP) is 3.51. The summed E-state index contributed by atoms with van der Waals surface area (Å²) in [6.07, 6.45) is 6.00. The molecule has 0 aliphatic carbocycles. The predicted molar refractivity (Wildman–Crippen MR) is 87.0 cm³/mol. The molecular formula is C16H22BrN3. The number of halogens is 1. The summed E-state index contributed by atoms with van der Waals surface area (Å²) in [4.78, 5) is 4.41. The fraction of sp³-hybridized carbons (Fsp3) is 0.438. The highest BCUT2D eigenvalue weighted by molar-refractivity contribution is 9.10. The summed E-state index contributed by atoms with van der Waals surface area (Å²) in [6, 6.07) is 8.67. The van der Waals surface area contributed by atoms with E-state index >= 15 is 0 Å². The summed E-state index contributed by atoms with van der Waals surface area (Å²) in [6.45, 7) is 4.18. The van der Waals surface area contributed by atoms with Crippen LogP contribution in [0.5, 0.6) is 0 Å². The van der Waals surface area contributed by atoms with Gasteiger partial charge in [-0.2, -0.15) is 0 Å². The first-order chi connectivity index (χ1) is 9.70. The van der Waals surface area contributed by atoms with Gasteiger partial charge in [-0.3, -0.25) is 0 Å². The van der Waals surface area contributed by atoms with Crippen molar-refractivity contribution in [2.75, 3.05) is 13.1 Å². The summed E-state index contributed by atoms with van der Waals surface area (Å²) < 4.78 is 3.24. The van der Waals surface area contributed by atoms with Crippen LogP contribution in [0.25, 0.3) is 0 Å². The van der Waals surface area contributed by atoms with Gasteiger partial charge >= 0.3 is 0 Å². The molecule has 1 atom stereocenters. The van der Waals surface area contributed by atoms with Crippen LogP contribution in [0.2, 0.25) is 0 Å². The number of imidazole rings is 1. The second-order valence-electron chi connectivity index (χ2n) is 5.05. The Kier molecular flexibility index (Phi) is 5.80. The Bertz CT molecular complexity index is 519. The lowest BCUT2D eigenvalue weighted by molar-refractivity contribution is 0.550. The average Bonchev–Trinajstić information content (AvgIpc) is 2.86. The van der Waals surface area contributed by atoms with Gasteiger partial charge in [0, 0.05) is 36.9 Å². The number of hydrogen-bond donors (Lipinski definition) is 1. The molecule has 1 heterocycles. The van der Waals surface area contributed by atoms with Crippen molar-refractivity contribution in [2.24, 2.45) is 7.05 Å². The van der Waals surface area contributed by atoms with Crippen LogP contribution in [-0.4, -0.2) is 22.6 Å². The van der Waals surface area contributed by atoms with Crippen molar-refractivity contribution >= 4 is 15.9 Å². The molecule has 0 fully saturated rings. The standard InChI is InChI=1S/C16H22BrN3/c1-3-18-12-14(13-4-7-15(17)8-5-13)6-9-16-19-10-11-20(16)2/h4-5,7-8,10-11,14,18H,3,6,9,12H2,1-2H3. The van der Waals surface area contributed by atoms with Gasteiger partial charge in [0.15, 0.2) is 0 Å². The molecule has 0 saturated heterocycles. The molecule has 1 aromatic carbocycles.